The molecule has 1 aliphatic heterocycles. The molecule has 0 radical (unpaired) electrons. The minimum Gasteiger partial charge on any atom is -0.324 e. The van der Waals surface area contributed by atoms with Gasteiger partial charge in [0.2, 0.25) is 5.91 Å². The Morgan fingerprint density at radius 2 is 1.81 bits per heavy atom. The van der Waals surface area contributed by atoms with Crippen LogP contribution >= 0.6 is 23.4 Å². The van der Waals surface area contributed by atoms with Crippen LogP contribution in [-0.2, 0) is 4.79 Å². The van der Waals surface area contributed by atoms with E-state index in [-0.39, 0.29) is 21.8 Å². The quantitative estimate of drug-likeness (QED) is 0.740. The Kier molecular flexibility index (Phi) is 5.82. The molecule has 0 fully saturated rings. The van der Waals surface area contributed by atoms with Crippen molar-refractivity contribution in [1.29, 1.82) is 0 Å². The van der Waals surface area contributed by atoms with Gasteiger partial charge in [-0.1, -0.05) is 23.7 Å². The average molecular weight is 407 g/mol. The molecule has 1 aliphatic rings. The Bertz CT molecular complexity index is 887. The number of thioether (sulfide) groups is 1. The maximum Gasteiger partial charge on any atom is 0.262 e. The van der Waals surface area contributed by atoms with Crippen molar-refractivity contribution >= 4 is 46.8 Å². The fraction of sp³-hybridized carbons (Fsp3) is 0.211. The highest BCUT2D eigenvalue weighted by Gasteiger charge is 2.42. The van der Waals surface area contributed by atoms with Gasteiger partial charge in [-0.2, -0.15) is 11.8 Å². The van der Waals surface area contributed by atoms with Crippen molar-refractivity contribution in [3.63, 3.8) is 0 Å². The number of anilines is 1. The molecule has 3 rings (SSSR count). The van der Waals surface area contributed by atoms with E-state index in [0.717, 1.165) is 11.0 Å². The SMILES string of the molecule is CSCC[C@@H](C(=O)Nc1ccc(F)c(Cl)c1)N1C(=O)c2ccccc2C1=O. The summed E-state index contributed by atoms with van der Waals surface area (Å²) in [6, 6.07) is 9.29. The number of hydrogen-bond acceptors (Lipinski definition) is 4. The normalized spacial score (nSPS) is 14.3. The lowest BCUT2D eigenvalue weighted by Gasteiger charge is -2.25. The molecule has 5 nitrogen and oxygen atoms in total. The van der Waals surface area contributed by atoms with Crippen LogP contribution in [0.4, 0.5) is 10.1 Å². The molecule has 3 amide bonds. The largest absolute Gasteiger partial charge is 0.324 e. The number of hydrogen-bond donors (Lipinski definition) is 1. The molecule has 1 heterocycles. The number of fused-ring (bicyclic) bond motifs is 1. The molecule has 0 bridgehead atoms. The summed E-state index contributed by atoms with van der Waals surface area (Å²) in [5.74, 6) is -1.53. The summed E-state index contributed by atoms with van der Waals surface area (Å²) in [7, 11) is 0. The van der Waals surface area contributed by atoms with Crippen LogP contribution in [0, 0.1) is 5.82 Å². The first-order valence-corrected chi connectivity index (χ1v) is 9.93. The van der Waals surface area contributed by atoms with Crippen molar-refractivity contribution in [2.75, 3.05) is 17.3 Å². The first-order valence-electron chi connectivity index (χ1n) is 8.15. The molecular weight excluding hydrogens is 391 g/mol. The maximum atomic E-state index is 13.3. The van der Waals surface area contributed by atoms with Crippen LogP contribution < -0.4 is 5.32 Å². The van der Waals surface area contributed by atoms with Crippen LogP contribution in [0.15, 0.2) is 42.5 Å². The van der Waals surface area contributed by atoms with E-state index < -0.39 is 29.6 Å². The fourth-order valence-electron chi connectivity index (χ4n) is 2.90. The molecule has 27 heavy (non-hydrogen) atoms. The zero-order valence-corrected chi connectivity index (χ0v) is 15.9. The van der Waals surface area contributed by atoms with Crippen molar-refractivity contribution in [3.8, 4) is 0 Å². The molecule has 0 aromatic heterocycles. The minimum atomic E-state index is -0.978. The molecule has 2 aromatic rings. The molecule has 1 N–H and O–H groups in total. The summed E-state index contributed by atoms with van der Waals surface area (Å²) in [6.07, 6.45) is 2.17. The minimum absolute atomic E-state index is 0.130. The number of rotatable bonds is 6. The van der Waals surface area contributed by atoms with Crippen LogP contribution in [0.2, 0.25) is 5.02 Å². The standard InChI is InChI=1S/C19H16ClFN2O3S/c1-27-9-8-16(17(24)22-11-6-7-15(21)14(20)10-11)23-18(25)12-4-2-3-5-13(12)19(23)26/h2-7,10,16H,8-9H2,1H3,(H,22,24)/t16-/m0/s1. The lowest BCUT2D eigenvalue weighted by Crippen LogP contribution is -2.47. The van der Waals surface area contributed by atoms with Gasteiger partial charge in [0.15, 0.2) is 0 Å². The van der Waals surface area contributed by atoms with Gasteiger partial charge < -0.3 is 5.32 Å². The highest BCUT2D eigenvalue weighted by atomic mass is 35.5. The Labute approximate surface area is 164 Å². The zero-order valence-electron chi connectivity index (χ0n) is 14.4. The highest BCUT2D eigenvalue weighted by molar-refractivity contribution is 7.98. The predicted octanol–water partition coefficient (Wildman–Crippen LogP) is 3.84. The van der Waals surface area contributed by atoms with E-state index in [1.165, 1.54) is 23.9 Å². The third kappa shape index (κ3) is 3.84. The molecule has 0 spiro atoms. The van der Waals surface area contributed by atoms with E-state index in [0.29, 0.717) is 12.2 Å². The van der Waals surface area contributed by atoms with Crippen LogP contribution in [-0.4, -0.2) is 40.7 Å². The number of nitrogens with zero attached hydrogens (tertiary/aromatic N) is 1. The monoisotopic (exact) mass is 406 g/mol. The van der Waals surface area contributed by atoms with Gasteiger partial charge in [0, 0.05) is 5.69 Å². The third-order valence-corrected chi connectivity index (χ3v) is 5.16. The van der Waals surface area contributed by atoms with Gasteiger partial charge in [-0.3, -0.25) is 19.3 Å². The second kappa shape index (κ2) is 8.10. The molecule has 0 saturated carbocycles. The number of carbonyl (C=O) groups excluding carboxylic acids is 3. The Morgan fingerprint density at radius 1 is 1.19 bits per heavy atom. The van der Waals surface area contributed by atoms with Gasteiger partial charge in [-0.15, -0.1) is 0 Å². The molecule has 140 valence electrons. The van der Waals surface area contributed by atoms with E-state index in [9.17, 15) is 18.8 Å². The maximum absolute atomic E-state index is 13.3. The highest BCUT2D eigenvalue weighted by Crippen LogP contribution is 2.27. The third-order valence-electron chi connectivity index (χ3n) is 4.22. The second-order valence-corrected chi connectivity index (χ2v) is 7.33. The van der Waals surface area contributed by atoms with Crippen molar-refractivity contribution in [2.24, 2.45) is 0 Å². The lowest BCUT2D eigenvalue weighted by molar-refractivity contribution is -0.120. The van der Waals surface area contributed by atoms with Crippen LogP contribution in [0.3, 0.4) is 0 Å². The van der Waals surface area contributed by atoms with E-state index in [4.69, 9.17) is 11.6 Å². The van der Waals surface area contributed by atoms with E-state index >= 15 is 0 Å². The van der Waals surface area contributed by atoms with Crippen molar-refractivity contribution in [1.82, 2.24) is 4.90 Å². The predicted molar refractivity (Wildman–Crippen MR) is 104 cm³/mol. The summed E-state index contributed by atoms with van der Waals surface area (Å²) in [5.41, 5.74) is 0.862. The Balaban J connectivity index is 1.87. The molecule has 0 unspecified atom stereocenters. The molecule has 0 saturated heterocycles. The smallest absolute Gasteiger partial charge is 0.262 e. The van der Waals surface area contributed by atoms with Gasteiger partial charge in [-0.25, -0.2) is 4.39 Å². The zero-order chi connectivity index (χ0) is 19.6. The van der Waals surface area contributed by atoms with Gasteiger partial charge >= 0.3 is 0 Å². The van der Waals surface area contributed by atoms with E-state index in [1.54, 1.807) is 24.3 Å². The summed E-state index contributed by atoms with van der Waals surface area (Å²) < 4.78 is 13.3. The molecular formula is C19H16ClFN2O3S. The first kappa shape index (κ1) is 19.4. The molecule has 1 atom stereocenters. The van der Waals surface area contributed by atoms with E-state index in [2.05, 4.69) is 5.32 Å². The second-order valence-electron chi connectivity index (χ2n) is 5.94. The van der Waals surface area contributed by atoms with Crippen LogP contribution in [0.5, 0.6) is 0 Å². The Morgan fingerprint density at radius 3 is 2.37 bits per heavy atom. The van der Waals surface area contributed by atoms with E-state index in [1.807, 2.05) is 6.26 Å². The summed E-state index contributed by atoms with van der Waals surface area (Å²) in [4.78, 5) is 39.3. The van der Waals surface area contributed by atoms with Crippen LogP contribution in [0.1, 0.15) is 27.1 Å². The van der Waals surface area contributed by atoms with Gasteiger partial charge in [0.25, 0.3) is 11.8 Å². The Hall–Kier alpha value is -2.38. The fourth-order valence-corrected chi connectivity index (χ4v) is 3.54. The number of halogens is 2. The number of imide groups is 1. The van der Waals surface area contributed by atoms with Gasteiger partial charge in [0.1, 0.15) is 11.9 Å². The summed E-state index contributed by atoms with van der Waals surface area (Å²) >= 11 is 7.25. The van der Waals surface area contributed by atoms with Crippen molar-refractivity contribution < 1.29 is 18.8 Å². The molecule has 2 aromatic carbocycles. The van der Waals surface area contributed by atoms with Crippen molar-refractivity contribution in [3.05, 3.63) is 64.4 Å². The number of amides is 3. The van der Waals surface area contributed by atoms with Crippen LogP contribution in [0.25, 0.3) is 0 Å². The topological polar surface area (TPSA) is 66.5 Å². The van der Waals surface area contributed by atoms with Crippen molar-refractivity contribution in [2.45, 2.75) is 12.5 Å². The summed E-state index contributed by atoms with van der Waals surface area (Å²) in [5, 5.41) is 2.49. The average Bonchev–Trinajstić information content (AvgIpc) is 2.90. The lowest BCUT2D eigenvalue weighted by atomic mass is 10.1. The van der Waals surface area contributed by atoms with Gasteiger partial charge in [-0.05, 0) is 48.8 Å². The molecule has 0 aliphatic carbocycles. The number of carbonyl (C=O) groups is 3. The first-order chi connectivity index (χ1) is 12.9. The molecule has 8 heteroatoms. The number of nitrogens with one attached hydrogen (secondary N) is 1. The van der Waals surface area contributed by atoms with Gasteiger partial charge in [0.05, 0.1) is 16.1 Å². The summed E-state index contributed by atoms with van der Waals surface area (Å²) in [6.45, 7) is 0. The number of benzene rings is 2.